The first-order valence-electron chi connectivity index (χ1n) is 3.21. The quantitative estimate of drug-likeness (QED) is 0.473. The summed E-state index contributed by atoms with van der Waals surface area (Å²) < 4.78 is 0. The molecule has 1 aliphatic carbocycles. The molecule has 0 unspecified atom stereocenters. The summed E-state index contributed by atoms with van der Waals surface area (Å²) >= 11 is 0. The molecule has 0 spiro atoms. The molecule has 0 amide bonds. The highest BCUT2D eigenvalue weighted by molar-refractivity contribution is 5.79. The molecule has 4 nitrogen and oxygen atoms in total. The number of nitrogens with two attached hydrogens (primary N) is 1. The molecule has 1 aliphatic rings. The second-order valence-corrected chi connectivity index (χ2v) is 2.92. The van der Waals surface area contributed by atoms with E-state index in [1.807, 2.05) is 0 Å². The van der Waals surface area contributed by atoms with Gasteiger partial charge in [0, 0.05) is 6.61 Å². The van der Waals surface area contributed by atoms with Crippen LogP contribution in [0.1, 0.15) is 12.8 Å². The minimum atomic E-state index is -1.05. The first-order chi connectivity index (χ1) is 4.58. The minimum absolute atomic E-state index is 0.0478. The summed E-state index contributed by atoms with van der Waals surface area (Å²) in [7, 11) is 0. The zero-order valence-electron chi connectivity index (χ0n) is 5.58. The molecule has 58 valence electrons. The van der Waals surface area contributed by atoms with Gasteiger partial charge in [-0.1, -0.05) is 0 Å². The maximum absolute atomic E-state index is 10.4. The van der Waals surface area contributed by atoms with Crippen molar-refractivity contribution in [2.45, 2.75) is 18.4 Å². The van der Waals surface area contributed by atoms with Gasteiger partial charge in [0.1, 0.15) is 5.54 Å². The second-order valence-electron chi connectivity index (χ2n) is 2.92. The van der Waals surface area contributed by atoms with Gasteiger partial charge in [0.05, 0.1) is 0 Å². The van der Waals surface area contributed by atoms with Gasteiger partial charge in [0.15, 0.2) is 0 Å². The number of rotatable bonds is 2. The van der Waals surface area contributed by atoms with Gasteiger partial charge in [0.2, 0.25) is 0 Å². The van der Waals surface area contributed by atoms with E-state index in [0.29, 0.717) is 12.8 Å². The number of carboxylic acid groups (broad SMARTS) is 1. The van der Waals surface area contributed by atoms with Crippen LogP contribution in [-0.4, -0.2) is 28.3 Å². The van der Waals surface area contributed by atoms with Gasteiger partial charge in [0.25, 0.3) is 0 Å². The van der Waals surface area contributed by atoms with Crippen molar-refractivity contribution in [3.05, 3.63) is 0 Å². The molecular formula is C6H11NO3. The Morgan fingerprint density at radius 2 is 2.20 bits per heavy atom. The Balaban J connectivity index is 2.42. The number of carboxylic acids is 1. The molecule has 0 bridgehead atoms. The van der Waals surface area contributed by atoms with Crippen molar-refractivity contribution < 1.29 is 15.0 Å². The topological polar surface area (TPSA) is 83.6 Å². The summed E-state index contributed by atoms with van der Waals surface area (Å²) in [6.45, 7) is 0.0478. The third-order valence-corrected chi connectivity index (χ3v) is 1.99. The van der Waals surface area contributed by atoms with Crippen LogP contribution >= 0.6 is 0 Å². The molecule has 0 aromatic carbocycles. The molecular weight excluding hydrogens is 134 g/mol. The first kappa shape index (κ1) is 7.50. The van der Waals surface area contributed by atoms with E-state index in [4.69, 9.17) is 15.9 Å². The molecule has 1 saturated carbocycles. The van der Waals surface area contributed by atoms with E-state index in [0.717, 1.165) is 0 Å². The largest absolute Gasteiger partial charge is 0.480 e. The zero-order valence-corrected chi connectivity index (χ0v) is 5.58. The van der Waals surface area contributed by atoms with Crippen LogP contribution in [-0.2, 0) is 4.79 Å². The summed E-state index contributed by atoms with van der Waals surface area (Å²) in [6.07, 6.45) is 0.803. The lowest BCUT2D eigenvalue weighted by molar-refractivity contribution is -0.149. The number of aliphatic carboxylic acids is 1. The average Bonchev–Trinajstić information content (AvgIpc) is 1.80. The number of hydrogen-bond donors (Lipinski definition) is 3. The highest BCUT2D eigenvalue weighted by atomic mass is 16.4. The Kier molecular flexibility index (Phi) is 1.66. The fourth-order valence-electron chi connectivity index (χ4n) is 1.27. The van der Waals surface area contributed by atoms with Crippen LogP contribution in [0.5, 0.6) is 0 Å². The molecule has 4 N–H and O–H groups in total. The molecule has 0 aliphatic heterocycles. The lowest BCUT2D eigenvalue weighted by Gasteiger charge is -2.40. The summed E-state index contributed by atoms with van der Waals surface area (Å²) in [4.78, 5) is 10.4. The van der Waals surface area contributed by atoms with Gasteiger partial charge in [-0.15, -0.1) is 0 Å². The molecule has 10 heavy (non-hydrogen) atoms. The van der Waals surface area contributed by atoms with Crippen LogP contribution in [0.2, 0.25) is 0 Å². The lowest BCUT2D eigenvalue weighted by atomic mass is 9.69. The molecule has 4 heteroatoms. The highest BCUT2D eigenvalue weighted by Gasteiger charge is 2.46. The Morgan fingerprint density at radius 1 is 1.70 bits per heavy atom. The first-order valence-corrected chi connectivity index (χ1v) is 3.21. The van der Waals surface area contributed by atoms with Crippen LogP contribution in [0.4, 0.5) is 0 Å². The van der Waals surface area contributed by atoms with Crippen LogP contribution < -0.4 is 5.73 Å². The van der Waals surface area contributed by atoms with Gasteiger partial charge in [-0.05, 0) is 18.8 Å². The van der Waals surface area contributed by atoms with E-state index in [1.54, 1.807) is 0 Å². The van der Waals surface area contributed by atoms with Crippen molar-refractivity contribution in [1.29, 1.82) is 0 Å². The highest BCUT2D eigenvalue weighted by Crippen LogP contribution is 2.35. The average molecular weight is 145 g/mol. The van der Waals surface area contributed by atoms with E-state index in [9.17, 15) is 4.79 Å². The third kappa shape index (κ3) is 0.998. The van der Waals surface area contributed by atoms with Crippen molar-refractivity contribution >= 4 is 5.97 Å². The fourth-order valence-corrected chi connectivity index (χ4v) is 1.27. The number of aliphatic hydroxyl groups is 1. The van der Waals surface area contributed by atoms with Crippen LogP contribution in [0.25, 0.3) is 0 Å². The van der Waals surface area contributed by atoms with Gasteiger partial charge in [-0.3, -0.25) is 4.79 Å². The number of carbonyl (C=O) groups is 1. The van der Waals surface area contributed by atoms with Gasteiger partial charge < -0.3 is 15.9 Å². The van der Waals surface area contributed by atoms with Crippen molar-refractivity contribution in [2.24, 2.45) is 11.7 Å². The normalized spacial score (nSPS) is 38.8. The predicted molar refractivity (Wildman–Crippen MR) is 34.4 cm³/mol. The molecule has 0 radical (unpaired) electrons. The molecule has 1 fully saturated rings. The smallest absolute Gasteiger partial charge is 0.323 e. The Bertz CT molecular complexity index is 151. The zero-order chi connectivity index (χ0) is 7.78. The van der Waals surface area contributed by atoms with E-state index in [1.165, 1.54) is 0 Å². The maximum atomic E-state index is 10.4. The van der Waals surface area contributed by atoms with Gasteiger partial charge in [-0.2, -0.15) is 0 Å². The molecule has 0 aromatic rings. The van der Waals surface area contributed by atoms with E-state index in [-0.39, 0.29) is 12.5 Å². The molecule has 0 atom stereocenters. The summed E-state index contributed by atoms with van der Waals surface area (Å²) in [6, 6.07) is 0. The third-order valence-electron chi connectivity index (χ3n) is 1.99. The second kappa shape index (κ2) is 2.21. The van der Waals surface area contributed by atoms with E-state index < -0.39 is 11.5 Å². The van der Waals surface area contributed by atoms with Crippen molar-refractivity contribution in [3.8, 4) is 0 Å². The number of aliphatic hydroxyl groups excluding tert-OH is 1. The van der Waals surface area contributed by atoms with Crippen LogP contribution in [0, 0.1) is 5.92 Å². The summed E-state index contributed by atoms with van der Waals surface area (Å²) in [5.41, 5.74) is 4.35. The van der Waals surface area contributed by atoms with Gasteiger partial charge in [-0.25, -0.2) is 0 Å². The fraction of sp³-hybridized carbons (Fsp3) is 0.833. The Labute approximate surface area is 58.6 Å². The monoisotopic (exact) mass is 145 g/mol. The van der Waals surface area contributed by atoms with Crippen molar-refractivity contribution in [3.63, 3.8) is 0 Å². The number of hydrogen-bond acceptors (Lipinski definition) is 3. The SMILES string of the molecule is NC1(C(=O)O)CC(CO)C1. The summed E-state index contributed by atoms with van der Waals surface area (Å²) in [5.74, 6) is -0.863. The van der Waals surface area contributed by atoms with E-state index >= 15 is 0 Å². The molecule has 0 aromatic heterocycles. The van der Waals surface area contributed by atoms with Gasteiger partial charge >= 0.3 is 5.97 Å². The van der Waals surface area contributed by atoms with E-state index in [2.05, 4.69) is 0 Å². The maximum Gasteiger partial charge on any atom is 0.323 e. The van der Waals surface area contributed by atoms with Crippen LogP contribution in [0.3, 0.4) is 0 Å². The molecule has 1 rings (SSSR count). The van der Waals surface area contributed by atoms with Crippen molar-refractivity contribution in [1.82, 2.24) is 0 Å². The summed E-state index contributed by atoms with van der Waals surface area (Å²) in [5, 5.41) is 17.1. The minimum Gasteiger partial charge on any atom is -0.480 e. The van der Waals surface area contributed by atoms with Crippen molar-refractivity contribution in [2.75, 3.05) is 6.61 Å². The standard InChI is InChI=1S/C6H11NO3/c7-6(5(9)10)1-4(2-6)3-8/h4,8H,1-3,7H2,(H,9,10). The Morgan fingerprint density at radius 3 is 2.50 bits per heavy atom. The molecule has 0 heterocycles. The van der Waals surface area contributed by atoms with Crippen LogP contribution in [0.15, 0.2) is 0 Å². The molecule has 0 saturated heterocycles. The Hall–Kier alpha value is -0.610. The predicted octanol–water partition coefficient (Wildman–Crippen LogP) is -0.829. The lowest BCUT2D eigenvalue weighted by Crippen LogP contribution is -2.58.